The Kier molecular flexibility index (Phi) is 5.90. The standard InChI is InChI=1S/C16H11BrN4O6S/c17-11-5-8(21(25)26)1-3-10(11)12-4-2-9(27-12)7-18-20-16-19-15(24)13(28-16)6-14(22)23/h1-5,7,13H,6H2,(H,22,23)(H,19,20,24). The fraction of sp³-hybridized carbons (Fsp3) is 0.125. The fourth-order valence-corrected chi connectivity index (χ4v) is 3.75. The molecule has 3 rings (SSSR count). The molecule has 2 N–H and O–H groups in total. The number of benzene rings is 1. The zero-order valence-corrected chi connectivity index (χ0v) is 16.3. The Bertz CT molecular complexity index is 1020. The van der Waals surface area contributed by atoms with Crippen LogP contribution < -0.4 is 5.32 Å². The van der Waals surface area contributed by atoms with Gasteiger partial charge in [-0.2, -0.15) is 5.10 Å². The van der Waals surface area contributed by atoms with Gasteiger partial charge in [0.1, 0.15) is 16.8 Å². The van der Waals surface area contributed by atoms with Crippen LogP contribution in [0.2, 0.25) is 0 Å². The molecule has 0 saturated carbocycles. The van der Waals surface area contributed by atoms with Gasteiger partial charge < -0.3 is 14.8 Å². The SMILES string of the molecule is O=C(O)CC1S/C(=N/N=Cc2ccc(-c3ccc([N+](=O)[O-])cc3Br)o2)NC1=O. The van der Waals surface area contributed by atoms with Crippen molar-refractivity contribution in [3.05, 3.63) is 50.7 Å². The maximum Gasteiger partial charge on any atom is 0.305 e. The van der Waals surface area contributed by atoms with E-state index in [1.165, 1.54) is 18.3 Å². The Morgan fingerprint density at radius 3 is 2.89 bits per heavy atom. The first kappa shape index (κ1) is 19.8. The van der Waals surface area contributed by atoms with E-state index >= 15 is 0 Å². The van der Waals surface area contributed by atoms with Crippen molar-refractivity contribution in [2.24, 2.45) is 10.2 Å². The first-order valence-corrected chi connectivity index (χ1v) is 9.35. The molecule has 0 bridgehead atoms. The Hall–Kier alpha value is -2.99. The van der Waals surface area contributed by atoms with Crippen LogP contribution in [0.4, 0.5) is 5.69 Å². The summed E-state index contributed by atoms with van der Waals surface area (Å²) >= 11 is 4.28. The van der Waals surface area contributed by atoms with E-state index in [4.69, 9.17) is 9.52 Å². The molecule has 28 heavy (non-hydrogen) atoms. The predicted molar refractivity (Wildman–Crippen MR) is 105 cm³/mol. The first-order valence-electron chi connectivity index (χ1n) is 7.68. The smallest absolute Gasteiger partial charge is 0.305 e. The summed E-state index contributed by atoms with van der Waals surface area (Å²) in [6.07, 6.45) is 1.03. The number of hydrogen-bond acceptors (Lipinski definition) is 8. The van der Waals surface area contributed by atoms with Crippen LogP contribution in [0.3, 0.4) is 0 Å². The number of nitrogens with one attached hydrogen (secondary N) is 1. The third-order valence-electron chi connectivity index (χ3n) is 3.53. The minimum absolute atomic E-state index is 0.0443. The summed E-state index contributed by atoms with van der Waals surface area (Å²) in [5.74, 6) is -0.649. The molecule has 0 spiro atoms. The molecule has 144 valence electrons. The number of hydrogen-bond donors (Lipinski definition) is 2. The average Bonchev–Trinajstić information content (AvgIpc) is 3.21. The number of carboxylic acid groups (broad SMARTS) is 1. The van der Waals surface area contributed by atoms with E-state index in [1.807, 2.05) is 0 Å². The van der Waals surface area contributed by atoms with Gasteiger partial charge in [0.25, 0.3) is 5.69 Å². The zero-order chi connectivity index (χ0) is 20.3. The summed E-state index contributed by atoms with van der Waals surface area (Å²) in [4.78, 5) is 32.6. The van der Waals surface area contributed by atoms with E-state index in [0.717, 1.165) is 11.8 Å². The minimum Gasteiger partial charge on any atom is -0.481 e. The molecule has 1 aromatic heterocycles. The van der Waals surface area contributed by atoms with Crippen LogP contribution in [0.25, 0.3) is 11.3 Å². The Morgan fingerprint density at radius 2 is 2.21 bits per heavy atom. The Labute approximate surface area is 170 Å². The number of aliphatic carboxylic acids is 1. The number of amides is 1. The van der Waals surface area contributed by atoms with E-state index in [-0.39, 0.29) is 17.3 Å². The predicted octanol–water partition coefficient (Wildman–Crippen LogP) is 3.01. The average molecular weight is 467 g/mol. The molecule has 2 heterocycles. The highest BCUT2D eigenvalue weighted by Gasteiger charge is 2.32. The number of rotatable bonds is 6. The minimum atomic E-state index is -1.07. The van der Waals surface area contributed by atoms with Gasteiger partial charge in [-0.3, -0.25) is 19.7 Å². The molecule has 1 unspecified atom stereocenters. The Balaban J connectivity index is 1.69. The summed E-state index contributed by atoms with van der Waals surface area (Å²) in [6, 6.07) is 7.63. The third kappa shape index (κ3) is 4.64. The maximum atomic E-state index is 11.6. The van der Waals surface area contributed by atoms with E-state index < -0.39 is 22.0 Å². The molecule has 1 aliphatic heterocycles. The van der Waals surface area contributed by atoms with Gasteiger partial charge in [-0.05, 0) is 34.1 Å². The zero-order valence-electron chi connectivity index (χ0n) is 13.9. The molecular weight excluding hydrogens is 456 g/mol. The molecule has 1 amide bonds. The van der Waals surface area contributed by atoms with Crippen LogP contribution in [-0.4, -0.2) is 38.5 Å². The molecule has 1 fully saturated rings. The van der Waals surface area contributed by atoms with Gasteiger partial charge in [0.15, 0.2) is 5.17 Å². The van der Waals surface area contributed by atoms with Crippen molar-refractivity contribution in [2.45, 2.75) is 11.7 Å². The molecular formula is C16H11BrN4O6S. The van der Waals surface area contributed by atoms with Crippen molar-refractivity contribution in [3.63, 3.8) is 0 Å². The van der Waals surface area contributed by atoms with Crippen LogP contribution in [0.1, 0.15) is 12.2 Å². The lowest BCUT2D eigenvalue weighted by atomic mass is 10.1. The number of furan rings is 1. The number of carbonyl (C=O) groups excluding carboxylic acids is 1. The van der Waals surface area contributed by atoms with E-state index in [9.17, 15) is 19.7 Å². The fourth-order valence-electron chi connectivity index (χ4n) is 2.27. The largest absolute Gasteiger partial charge is 0.481 e. The highest BCUT2D eigenvalue weighted by atomic mass is 79.9. The molecule has 0 radical (unpaired) electrons. The maximum absolute atomic E-state index is 11.6. The van der Waals surface area contributed by atoms with Crippen LogP contribution in [-0.2, 0) is 9.59 Å². The molecule has 12 heteroatoms. The quantitative estimate of drug-likeness (QED) is 0.377. The lowest BCUT2D eigenvalue weighted by Crippen LogP contribution is -2.26. The monoisotopic (exact) mass is 466 g/mol. The highest BCUT2D eigenvalue weighted by molar-refractivity contribution is 9.10. The van der Waals surface area contributed by atoms with E-state index in [2.05, 4.69) is 31.4 Å². The highest BCUT2D eigenvalue weighted by Crippen LogP contribution is 2.32. The second-order valence-electron chi connectivity index (χ2n) is 5.47. The number of nitro groups is 1. The van der Waals surface area contributed by atoms with Gasteiger partial charge >= 0.3 is 5.97 Å². The van der Waals surface area contributed by atoms with Gasteiger partial charge in [-0.25, -0.2) is 0 Å². The number of carboxylic acids is 1. The molecule has 10 nitrogen and oxygen atoms in total. The topological polar surface area (TPSA) is 147 Å². The van der Waals surface area contributed by atoms with Gasteiger partial charge in [-0.1, -0.05) is 11.8 Å². The van der Waals surface area contributed by atoms with E-state index in [1.54, 1.807) is 18.2 Å². The van der Waals surface area contributed by atoms with Crippen molar-refractivity contribution in [3.8, 4) is 11.3 Å². The third-order valence-corrected chi connectivity index (χ3v) is 5.25. The molecule has 1 aromatic carbocycles. The summed E-state index contributed by atoms with van der Waals surface area (Å²) in [5.41, 5.74) is 0.587. The van der Waals surface area contributed by atoms with Crippen molar-refractivity contribution in [1.29, 1.82) is 0 Å². The normalized spacial score (nSPS) is 18.0. The van der Waals surface area contributed by atoms with Crippen molar-refractivity contribution >= 4 is 56.6 Å². The second-order valence-corrected chi connectivity index (χ2v) is 7.51. The van der Waals surface area contributed by atoms with Gasteiger partial charge in [-0.15, -0.1) is 5.10 Å². The number of non-ortho nitro benzene ring substituents is 1. The van der Waals surface area contributed by atoms with Crippen LogP contribution in [0, 0.1) is 10.1 Å². The van der Waals surface area contributed by atoms with Crippen molar-refractivity contribution in [2.75, 3.05) is 0 Å². The number of amidine groups is 1. The van der Waals surface area contributed by atoms with Crippen molar-refractivity contribution < 1.29 is 24.0 Å². The number of thioether (sulfide) groups is 1. The Morgan fingerprint density at radius 1 is 1.43 bits per heavy atom. The van der Waals surface area contributed by atoms with Crippen molar-refractivity contribution in [1.82, 2.24) is 5.32 Å². The van der Waals surface area contributed by atoms with Gasteiger partial charge in [0.2, 0.25) is 5.91 Å². The summed E-state index contributed by atoms with van der Waals surface area (Å²) in [6.45, 7) is 0. The lowest BCUT2D eigenvalue weighted by Gasteiger charge is -2.00. The van der Waals surface area contributed by atoms with Crippen LogP contribution in [0.5, 0.6) is 0 Å². The number of nitro benzene ring substituents is 1. The first-order chi connectivity index (χ1) is 13.3. The number of carbonyl (C=O) groups is 2. The number of nitrogens with zero attached hydrogens (tertiary/aromatic N) is 3. The van der Waals surface area contributed by atoms with Crippen LogP contribution >= 0.6 is 27.7 Å². The van der Waals surface area contributed by atoms with E-state index in [0.29, 0.717) is 21.6 Å². The molecule has 2 aromatic rings. The molecule has 0 aliphatic carbocycles. The second kappa shape index (κ2) is 8.35. The molecule has 1 atom stereocenters. The number of halogens is 1. The summed E-state index contributed by atoms with van der Waals surface area (Å²) in [7, 11) is 0. The molecule has 1 aliphatic rings. The van der Waals surface area contributed by atoms with Crippen LogP contribution in [0.15, 0.2) is 49.4 Å². The molecule has 1 saturated heterocycles. The van der Waals surface area contributed by atoms with Gasteiger partial charge in [0.05, 0.1) is 17.6 Å². The summed E-state index contributed by atoms with van der Waals surface area (Å²) in [5, 5.41) is 29.1. The van der Waals surface area contributed by atoms with Gasteiger partial charge in [0, 0.05) is 22.2 Å². The summed E-state index contributed by atoms with van der Waals surface area (Å²) < 4.78 is 6.13. The lowest BCUT2D eigenvalue weighted by molar-refractivity contribution is -0.384.